The highest BCUT2D eigenvalue weighted by Gasteiger charge is 2.40. The number of esters is 1. The minimum absolute atomic E-state index is 0.0557. The minimum atomic E-state index is -1.10. The van der Waals surface area contributed by atoms with Crippen LogP contribution in [0.5, 0.6) is 0 Å². The van der Waals surface area contributed by atoms with Crippen LogP contribution in [0.1, 0.15) is 17.3 Å². The van der Waals surface area contributed by atoms with E-state index < -0.39 is 35.0 Å². The summed E-state index contributed by atoms with van der Waals surface area (Å²) >= 11 is 0.722. The molecule has 122 valence electrons. The number of ether oxygens (including phenoxy) is 1. The third-order valence-electron chi connectivity index (χ3n) is 2.93. The van der Waals surface area contributed by atoms with Gasteiger partial charge in [0.15, 0.2) is 5.37 Å². The predicted octanol–water partition coefficient (Wildman–Crippen LogP) is 1.38. The molecule has 9 heteroatoms. The van der Waals surface area contributed by atoms with Gasteiger partial charge in [0.25, 0.3) is 11.1 Å². The topological polar surface area (TPSA) is 113 Å². The van der Waals surface area contributed by atoms with Crippen molar-refractivity contribution in [3.05, 3.63) is 29.8 Å². The van der Waals surface area contributed by atoms with Crippen molar-refractivity contribution in [2.45, 2.75) is 12.3 Å². The fraction of sp³-hybridized carbons (Fsp3) is 0.286. The molecular formula is C14H14N2O6S. The molecule has 8 nitrogen and oxygen atoms in total. The number of thioether (sulfide) groups is 1. The molecule has 1 aliphatic heterocycles. The first kappa shape index (κ1) is 16.8. The van der Waals surface area contributed by atoms with E-state index in [2.05, 4.69) is 5.32 Å². The van der Waals surface area contributed by atoms with Crippen LogP contribution in [0.3, 0.4) is 0 Å². The van der Waals surface area contributed by atoms with Crippen molar-refractivity contribution in [3.63, 3.8) is 0 Å². The molecule has 1 atom stereocenters. The van der Waals surface area contributed by atoms with Crippen LogP contribution in [0, 0.1) is 0 Å². The zero-order chi connectivity index (χ0) is 17.0. The first-order valence-corrected chi connectivity index (χ1v) is 7.58. The van der Waals surface area contributed by atoms with Crippen LogP contribution in [0.2, 0.25) is 0 Å². The lowest BCUT2D eigenvalue weighted by molar-refractivity contribution is -0.146. The average Bonchev–Trinajstić information content (AvgIpc) is 2.75. The number of nitrogens with one attached hydrogen (secondary N) is 1. The molecule has 1 unspecified atom stereocenters. The van der Waals surface area contributed by atoms with E-state index >= 15 is 0 Å². The molecule has 1 aliphatic rings. The maximum absolute atomic E-state index is 12.2. The minimum Gasteiger partial charge on any atom is -0.478 e. The van der Waals surface area contributed by atoms with Gasteiger partial charge in [0, 0.05) is 5.69 Å². The summed E-state index contributed by atoms with van der Waals surface area (Å²) in [5.74, 6) is -2.34. The normalized spacial score (nSPS) is 17.3. The summed E-state index contributed by atoms with van der Waals surface area (Å²) in [6, 6.07) is 5.87. The van der Waals surface area contributed by atoms with Crippen molar-refractivity contribution in [3.8, 4) is 0 Å². The van der Waals surface area contributed by atoms with Gasteiger partial charge in [0.05, 0.1) is 12.2 Å². The van der Waals surface area contributed by atoms with Gasteiger partial charge in [-0.1, -0.05) is 6.07 Å². The van der Waals surface area contributed by atoms with E-state index in [0.717, 1.165) is 16.7 Å². The van der Waals surface area contributed by atoms with E-state index in [0.29, 0.717) is 5.69 Å². The number of rotatable bonds is 6. The van der Waals surface area contributed by atoms with Crippen LogP contribution < -0.4 is 5.32 Å². The van der Waals surface area contributed by atoms with E-state index in [1.54, 1.807) is 13.0 Å². The van der Waals surface area contributed by atoms with Gasteiger partial charge in [-0.05, 0) is 36.9 Å². The Morgan fingerprint density at radius 2 is 2.13 bits per heavy atom. The first-order chi connectivity index (χ1) is 10.9. The largest absolute Gasteiger partial charge is 0.478 e. The van der Waals surface area contributed by atoms with Gasteiger partial charge in [-0.25, -0.2) is 4.79 Å². The molecule has 2 N–H and O–H groups in total. The van der Waals surface area contributed by atoms with Crippen molar-refractivity contribution in [2.24, 2.45) is 0 Å². The second-order valence-electron chi connectivity index (χ2n) is 4.52. The van der Waals surface area contributed by atoms with E-state index in [4.69, 9.17) is 9.84 Å². The molecule has 1 fully saturated rings. The molecular weight excluding hydrogens is 324 g/mol. The third kappa shape index (κ3) is 4.01. The highest BCUT2D eigenvalue weighted by Crippen LogP contribution is 2.28. The van der Waals surface area contributed by atoms with Crippen LogP contribution in [-0.4, -0.2) is 51.6 Å². The lowest BCUT2D eigenvalue weighted by Crippen LogP contribution is -2.38. The second-order valence-corrected chi connectivity index (χ2v) is 5.58. The summed E-state index contributed by atoms with van der Waals surface area (Å²) in [5, 5.41) is 10.3. The number of nitrogens with zero attached hydrogens (tertiary/aromatic N) is 1. The maximum atomic E-state index is 12.2. The van der Waals surface area contributed by atoms with E-state index in [1.807, 2.05) is 0 Å². The standard InChI is InChI=1S/C14H14N2O6S/c1-2-22-10(17)7-16-12(18)11(23-14(16)21)15-9-5-3-4-8(6-9)13(19)20/h3-6,11,15H,2,7H2,1H3,(H,19,20). The van der Waals surface area contributed by atoms with Gasteiger partial charge in [-0.15, -0.1) is 0 Å². The first-order valence-electron chi connectivity index (χ1n) is 6.70. The molecule has 1 aromatic rings. The van der Waals surface area contributed by atoms with Crippen LogP contribution in [-0.2, 0) is 14.3 Å². The molecule has 2 rings (SSSR count). The lowest BCUT2D eigenvalue weighted by atomic mass is 10.2. The maximum Gasteiger partial charge on any atom is 0.335 e. The molecule has 0 spiro atoms. The number of anilines is 1. The number of hydrogen-bond acceptors (Lipinski definition) is 7. The highest BCUT2D eigenvalue weighted by molar-refractivity contribution is 8.15. The molecule has 1 heterocycles. The van der Waals surface area contributed by atoms with Crippen LogP contribution >= 0.6 is 11.8 Å². The number of carboxylic acid groups (broad SMARTS) is 1. The molecule has 2 amide bonds. The molecule has 0 saturated carbocycles. The van der Waals surface area contributed by atoms with Gasteiger partial charge in [-0.2, -0.15) is 0 Å². The Morgan fingerprint density at radius 3 is 2.78 bits per heavy atom. The van der Waals surface area contributed by atoms with Crippen LogP contribution in [0.25, 0.3) is 0 Å². The van der Waals surface area contributed by atoms with Crippen molar-refractivity contribution >= 4 is 40.5 Å². The number of hydrogen-bond donors (Lipinski definition) is 2. The number of benzene rings is 1. The number of carbonyl (C=O) groups is 4. The van der Waals surface area contributed by atoms with E-state index in [9.17, 15) is 19.2 Å². The van der Waals surface area contributed by atoms with Crippen LogP contribution in [0.4, 0.5) is 10.5 Å². The van der Waals surface area contributed by atoms with Crippen molar-refractivity contribution in [2.75, 3.05) is 18.5 Å². The Morgan fingerprint density at radius 1 is 1.39 bits per heavy atom. The Labute approximate surface area is 135 Å². The van der Waals surface area contributed by atoms with E-state index in [1.165, 1.54) is 18.2 Å². The zero-order valence-corrected chi connectivity index (χ0v) is 13.0. The molecule has 1 saturated heterocycles. The summed E-state index contributed by atoms with van der Waals surface area (Å²) in [7, 11) is 0. The Hall–Kier alpha value is -2.55. The fourth-order valence-corrected chi connectivity index (χ4v) is 2.82. The van der Waals surface area contributed by atoms with Gasteiger partial charge >= 0.3 is 11.9 Å². The molecule has 0 bridgehead atoms. The smallest absolute Gasteiger partial charge is 0.335 e. The summed E-state index contributed by atoms with van der Waals surface area (Å²) in [6.45, 7) is 1.35. The fourth-order valence-electron chi connectivity index (χ4n) is 1.91. The summed E-state index contributed by atoms with van der Waals surface area (Å²) in [5.41, 5.74) is 0.446. The monoisotopic (exact) mass is 338 g/mol. The molecule has 23 heavy (non-hydrogen) atoms. The highest BCUT2D eigenvalue weighted by atomic mass is 32.2. The molecule has 0 radical (unpaired) electrons. The number of aromatic carboxylic acids is 1. The van der Waals surface area contributed by atoms with E-state index in [-0.39, 0.29) is 12.2 Å². The second kappa shape index (κ2) is 7.14. The molecule has 0 aliphatic carbocycles. The number of imide groups is 1. The lowest BCUT2D eigenvalue weighted by Gasteiger charge is -2.14. The van der Waals surface area contributed by atoms with Crippen LogP contribution in [0.15, 0.2) is 24.3 Å². The Balaban J connectivity index is 2.06. The van der Waals surface area contributed by atoms with Crippen molar-refractivity contribution in [1.29, 1.82) is 0 Å². The number of carbonyl (C=O) groups excluding carboxylic acids is 3. The van der Waals surface area contributed by atoms with Gasteiger partial charge in [0.1, 0.15) is 6.54 Å². The Bertz CT molecular complexity index is 662. The third-order valence-corrected chi connectivity index (χ3v) is 3.91. The van der Waals surface area contributed by atoms with Crippen molar-refractivity contribution in [1.82, 2.24) is 4.90 Å². The SMILES string of the molecule is CCOC(=O)CN1C(=O)SC(Nc2cccc(C(=O)O)c2)C1=O. The number of amides is 2. The molecule has 0 aromatic heterocycles. The van der Waals surface area contributed by atoms with Gasteiger partial charge in [-0.3, -0.25) is 19.3 Å². The van der Waals surface area contributed by atoms with Gasteiger partial charge in [0.2, 0.25) is 0 Å². The predicted molar refractivity (Wildman–Crippen MR) is 82.1 cm³/mol. The summed E-state index contributed by atoms with van der Waals surface area (Å²) in [4.78, 5) is 47.1. The Kier molecular flexibility index (Phi) is 5.22. The quantitative estimate of drug-likeness (QED) is 0.748. The van der Waals surface area contributed by atoms with Gasteiger partial charge < -0.3 is 15.2 Å². The average molecular weight is 338 g/mol. The summed E-state index contributed by atoms with van der Waals surface area (Å²) in [6.07, 6.45) is 0. The zero-order valence-electron chi connectivity index (χ0n) is 12.1. The van der Waals surface area contributed by atoms with Crippen molar-refractivity contribution < 1.29 is 29.0 Å². The number of carboxylic acids is 1. The molecule has 1 aromatic carbocycles. The summed E-state index contributed by atoms with van der Waals surface area (Å²) < 4.78 is 4.72.